The zero-order valence-electron chi connectivity index (χ0n) is 59.1. The highest BCUT2D eigenvalue weighted by Crippen LogP contribution is 2.41. The first-order valence-corrected chi connectivity index (χ1v) is 35.0. The molecule has 0 saturated carbocycles. The number of nitrogens with one attached hydrogen (secondary N) is 4. The van der Waals surface area contributed by atoms with Crippen LogP contribution in [0.4, 0.5) is 0 Å². The molecule has 0 aliphatic carbocycles. The Labute approximate surface area is 622 Å². The van der Waals surface area contributed by atoms with E-state index in [4.69, 9.17) is 80.5 Å². The van der Waals surface area contributed by atoms with Crippen LogP contribution in [0.1, 0.15) is 27.7 Å². The molecule has 44 atom stereocenters. The van der Waals surface area contributed by atoms with Gasteiger partial charge in [0.15, 0.2) is 56.6 Å². The molecule has 0 bridgehead atoms. The minimum Gasteiger partial charge on any atom is -0.394 e. The molecule has 9 rings (SSSR count). The summed E-state index contributed by atoms with van der Waals surface area (Å²) in [7, 11) is 0. The van der Waals surface area contributed by atoms with Crippen molar-refractivity contribution in [1.82, 2.24) is 21.3 Å². The van der Waals surface area contributed by atoms with Crippen molar-refractivity contribution in [3.8, 4) is 0 Å². The second kappa shape index (κ2) is 39.5. The molecule has 9 heterocycles. The highest BCUT2D eigenvalue weighted by molar-refractivity contribution is 5.74. The highest BCUT2D eigenvalue weighted by Gasteiger charge is 2.62. The molecule has 9 aliphatic rings. The van der Waals surface area contributed by atoms with Crippen LogP contribution in [0.2, 0.25) is 0 Å². The van der Waals surface area contributed by atoms with Gasteiger partial charge in [-0.3, -0.25) is 19.2 Å². The quantitative estimate of drug-likeness (QED) is 0.0346. The minimum atomic E-state index is -2.54. The average Bonchev–Trinajstić information content (AvgIpc) is 0.760. The van der Waals surface area contributed by atoms with Crippen molar-refractivity contribution in [1.29, 1.82) is 0 Å². The largest absolute Gasteiger partial charge is 0.394 e. The maximum atomic E-state index is 13.4. The molecule has 0 aromatic rings. The molecule has 49 heteroatoms. The van der Waals surface area contributed by atoms with Crippen LogP contribution in [-0.2, 0) is 99.7 Å². The fourth-order valence-electron chi connectivity index (χ4n) is 14.1. The summed E-state index contributed by atoms with van der Waals surface area (Å²) in [5.74, 6) is -3.67. The van der Waals surface area contributed by atoms with E-state index in [1.54, 1.807) is 0 Å². The number of aliphatic hydroxyl groups excluding tert-OH is 24. The molecule has 110 heavy (non-hydrogen) atoms. The lowest BCUT2D eigenvalue weighted by atomic mass is 9.93. The molecule has 0 radical (unpaired) electrons. The second-order valence-corrected chi connectivity index (χ2v) is 27.7. The summed E-state index contributed by atoms with van der Waals surface area (Å²) in [5.41, 5.74) is 0. The first kappa shape index (κ1) is 90.2. The molecule has 4 amide bonds. The third-order valence-corrected chi connectivity index (χ3v) is 20.0. The molecule has 9 aliphatic heterocycles. The van der Waals surface area contributed by atoms with Crippen LogP contribution in [0.5, 0.6) is 0 Å². The van der Waals surface area contributed by atoms with Crippen molar-refractivity contribution in [2.45, 2.75) is 298 Å². The summed E-state index contributed by atoms with van der Waals surface area (Å²) < 4.78 is 103. The van der Waals surface area contributed by atoms with Gasteiger partial charge in [0, 0.05) is 27.7 Å². The van der Waals surface area contributed by atoms with E-state index in [1.807, 2.05) is 0 Å². The Bertz CT molecular complexity index is 2920. The van der Waals surface area contributed by atoms with Gasteiger partial charge in [-0.15, -0.1) is 0 Å². The van der Waals surface area contributed by atoms with Gasteiger partial charge in [0.2, 0.25) is 23.6 Å². The van der Waals surface area contributed by atoms with Crippen LogP contribution in [0.15, 0.2) is 0 Å². The van der Waals surface area contributed by atoms with Crippen molar-refractivity contribution in [2.24, 2.45) is 0 Å². The van der Waals surface area contributed by atoms with Crippen LogP contribution in [0.3, 0.4) is 0 Å². The molecule has 9 fully saturated rings. The first-order chi connectivity index (χ1) is 52.1. The second-order valence-electron chi connectivity index (χ2n) is 27.7. The molecular formula is C61H102N4O45. The number of amides is 4. The molecule has 0 spiro atoms. The summed E-state index contributed by atoms with van der Waals surface area (Å²) in [4.78, 5) is 51.3. The lowest BCUT2D eigenvalue weighted by Gasteiger charge is -2.52. The van der Waals surface area contributed by atoms with Crippen LogP contribution >= 0.6 is 0 Å². The summed E-state index contributed by atoms with van der Waals surface area (Å²) in [6.45, 7) is -6.02. The third kappa shape index (κ3) is 19.9. The number of hydrogen-bond donors (Lipinski definition) is 28. The van der Waals surface area contributed by atoms with Gasteiger partial charge in [-0.2, -0.15) is 0 Å². The maximum absolute atomic E-state index is 13.4. The van der Waals surface area contributed by atoms with Crippen LogP contribution in [-0.4, -0.2) is 476 Å². The number of ether oxygens (including phenoxy) is 17. The first-order valence-electron chi connectivity index (χ1n) is 35.0. The summed E-state index contributed by atoms with van der Waals surface area (Å²) in [6.07, 6.45) is -84.9. The molecule has 28 N–H and O–H groups in total. The van der Waals surface area contributed by atoms with Crippen LogP contribution < -0.4 is 21.3 Å². The number of hydrogen-bond acceptors (Lipinski definition) is 45. The van der Waals surface area contributed by atoms with Gasteiger partial charge in [-0.1, -0.05) is 0 Å². The summed E-state index contributed by atoms with van der Waals surface area (Å²) >= 11 is 0. The van der Waals surface area contributed by atoms with Gasteiger partial charge >= 0.3 is 0 Å². The van der Waals surface area contributed by atoms with E-state index in [0.29, 0.717) is 0 Å². The van der Waals surface area contributed by atoms with Gasteiger partial charge < -0.3 is 224 Å². The van der Waals surface area contributed by atoms with Crippen molar-refractivity contribution < 1.29 is 222 Å². The maximum Gasteiger partial charge on any atom is 0.217 e. The molecular weight excluding hydrogens is 1510 g/mol. The monoisotopic (exact) mass is 1610 g/mol. The van der Waals surface area contributed by atoms with Crippen LogP contribution in [0.25, 0.3) is 0 Å². The topological polar surface area (TPSA) is 759 Å². The Hall–Kier alpha value is -3.76. The smallest absolute Gasteiger partial charge is 0.217 e. The predicted molar refractivity (Wildman–Crippen MR) is 337 cm³/mol. The zero-order chi connectivity index (χ0) is 80.9. The van der Waals surface area contributed by atoms with Gasteiger partial charge in [-0.05, 0) is 0 Å². The Balaban J connectivity index is 1.14. The number of carbonyl (C=O) groups is 4. The highest BCUT2D eigenvalue weighted by atomic mass is 16.8. The van der Waals surface area contributed by atoms with E-state index in [2.05, 4.69) is 21.3 Å². The van der Waals surface area contributed by atoms with Crippen LogP contribution in [0, 0.1) is 0 Å². The van der Waals surface area contributed by atoms with Crippen molar-refractivity contribution in [3.63, 3.8) is 0 Å². The van der Waals surface area contributed by atoms with E-state index in [0.717, 1.165) is 27.7 Å². The Kier molecular flexibility index (Phi) is 32.3. The SMILES string of the molecule is CC(=O)N[C@H]1[C@H](O[C@H]2[C@H](O[C@H]3O[C@H](CO)[C@H](O)[C@H](O)[C@H]3O)[C@@H](NC(C)=O)C(O)O[C@@H]2CO)O[C@H](CO)[C@@H](O[C@@H]2O[C@H](CO[C@H]3O[C@H](CO)[C@@H](O)[C@H](O)[C@@H]3O[C@@H]3O[C@H](CO)[C@@H](O)[C@H](O)[C@H]3NC(C)=O)[C@@H](O)[C@H](O[C@H]3O[C@H](CO)[C@@H](O)[C@H](O)[C@@H]3O[C@@H]3O[C@H](CO)[C@@H](O)[C@H](O)[C@H]3NC(C)=O)[C@@H]2O[C@@H]2OC[C@@H](O)[C@H](O)[C@H]2O)[C@@H]1O. The summed E-state index contributed by atoms with van der Waals surface area (Å²) in [5, 5.41) is 276. The van der Waals surface area contributed by atoms with Gasteiger partial charge in [-0.25, -0.2) is 0 Å². The number of rotatable bonds is 28. The van der Waals surface area contributed by atoms with E-state index in [9.17, 15) is 142 Å². The molecule has 0 aromatic carbocycles. The molecule has 0 aromatic heterocycles. The van der Waals surface area contributed by atoms with Gasteiger partial charge in [0.1, 0.15) is 213 Å². The zero-order valence-corrected chi connectivity index (χ0v) is 59.1. The van der Waals surface area contributed by atoms with Crippen molar-refractivity contribution >= 4 is 23.6 Å². The fourth-order valence-corrected chi connectivity index (χ4v) is 14.1. The average molecular weight is 1610 g/mol. The fraction of sp³-hybridized carbons (Fsp3) is 0.934. The van der Waals surface area contributed by atoms with Gasteiger partial charge in [0.25, 0.3) is 0 Å². The standard InChI is InChI=1S/C61H102N4O45/c1-14(73)62-27-38(85)32(79)19(5-66)97-54(27)108-50-42(89)35(82)22(8-69)100-59(50)95-13-26-37(84)49(107-60-51(43(90)36(83)23(9-70)101-60)109-55-28(63-15(2)74)39(86)33(80)20(6-67)98-55)52(110-57-44(91)31(78)18(77)12-94-57)61(103-26)104-46-24(10-71)102-56(29(40(46)87)64-16(3)75)105-47-25(11-72)96-53(93)30(65-17(4)76)48(47)106-58-45(92)41(88)34(81)21(7-68)99-58/h18-61,66-72,77-93H,5-13H2,1-4H3,(H,62,73)(H,63,74)(H,64,75)(H,65,76)/t18-,19-,20-,21-,22-,23-,24-,25-,26-,27-,28-,29-,30-,31+,32-,33-,34+,35-,36-,37-,38-,39-,40-,41+,42+,43+,44-,45-,46-,47-,48-,49+,50+,51+,52+,53?,54+,55+,56+,57+,58-,59+,60-,61+/m1/s1. The Morgan fingerprint density at radius 3 is 1.07 bits per heavy atom. The van der Waals surface area contributed by atoms with Crippen molar-refractivity contribution in [3.05, 3.63) is 0 Å². The number of carbonyl (C=O) groups excluding carboxylic acids is 4. The molecule has 1 unspecified atom stereocenters. The normalized spacial score (nSPS) is 48.9. The third-order valence-electron chi connectivity index (χ3n) is 20.0. The predicted octanol–water partition coefficient (Wildman–Crippen LogP) is -19.4. The molecule has 636 valence electrons. The molecule has 49 nitrogen and oxygen atoms in total. The van der Waals surface area contributed by atoms with E-state index < -0.39 is 353 Å². The van der Waals surface area contributed by atoms with Gasteiger partial charge in [0.05, 0.1) is 59.5 Å². The van der Waals surface area contributed by atoms with E-state index in [-0.39, 0.29) is 0 Å². The van der Waals surface area contributed by atoms with E-state index >= 15 is 0 Å². The minimum absolute atomic E-state index is 0.857. The van der Waals surface area contributed by atoms with Crippen molar-refractivity contribution in [2.75, 3.05) is 59.5 Å². The van der Waals surface area contributed by atoms with E-state index in [1.165, 1.54) is 0 Å². The Morgan fingerprint density at radius 2 is 0.600 bits per heavy atom. The lowest BCUT2D eigenvalue weighted by Crippen LogP contribution is -2.72. The lowest BCUT2D eigenvalue weighted by molar-refractivity contribution is -0.411. The number of aliphatic hydroxyl groups is 24. The molecule has 9 saturated heterocycles. The Morgan fingerprint density at radius 1 is 0.273 bits per heavy atom. The summed E-state index contributed by atoms with van der Waals surface area (Å²) in [6, 6.07) is -7.51.